The number of sulfonamides is 1. The Labute approximate surface area is 160 Å². The van der Waals surface area contributed by atoms with E-state index in [-0.39, 0.29) is 28.7 Å². The molecule has 0 aromatic heterocycles. The maximum absolute atomic E-state index is 12.6. The number of nitrogens with one attached hydrogen (secondary N) is 3. The number of hydrogen-bond acceptors (Lipinski definition) is 4. The van der Waals surface area contributed by atoms with E-state index in [1.54, 1.807) is 6.07 Å². The molecule has 0 radical (unpaired) electrons. The van der Waals surface area contributed by atoms with Gasteiger partial charge >= 0.3 is 0 Å². The summed E-state index contributed by atoms with van der Waals surface area (Å²) in [6, 6.07) is 13.9. The summed E-state index contributed by atoms with van der Waals surface area (Å²) in [5.74, 6) is -0.157. The first kappa shape index (κ1) is 20.9. The van der Waals surface area contributed by atoms with E-state index in [9.17, 15) is 13.2 Å². The molecule has 0 heterocycles. The molecule has 1 amide bonds. The van der Waals surface area contributed by atoms with Crippen molar-refractivity contribution in [3.63, 3.8) is 0 Å². The lowest BCUT2D eigenvalue weighted by molar-refractivity contribution is -0.856. The fraction of sp³-hybridized carbons (Fsp3) is 0.316. The van der Waals surface area contributed by atoms with Crippen molar-refractivity contribution in [3.8, 4) is 5.75 Å². The van der Waals surface area contributed by atoms with E-state index >= 15 is 0 Å². The van der Waals surface area contributed by atoms with E-state index in [2.05, 4.69) is 10.0 Å². The second-order valence-electron chi connectivity index (χ2n) is 6.39. The van der Waals surface area contributed by atoms with Crippen molar-refractivity contribution in [1.82, 2.24) is 10.0 Å². The van der Waals surface area contributed by atoms with Crippen LogP contribution in [-0.4, -0.2) is 48.6 Å². The summed E-state index contributed by atoms with van der Waals surface area (Å²) in [7, 11) is 1.48. The number of rotatable bonds is 9. The monoisotopic (exact) mass is 392 g/mol. The Bertz CT molecular complexity index is 868. The van der Waals surface area contributed by atoms with Crippen LogP contribution >= 0.6 is 0 Å². The normalized spacial score (nSPS) is 11.4. The highest BCUT2D eigenvalue weighted by Gasteiger charge is 2.21. The molecule has 2 aromatic carbocycles. The quantitative estimate of drug-likeness (QED) is 0.563. The van der Waals surface area contributed by atoms with Crippen LogP contribution in [0.25, 0.3) is 0 Å². The Kier molecular flexibility index (Phi) is 7.35. The Balaban J connectivity index is 2.17. The van der Waals surface area contributed by atoms with Gasteiger partial charge in [0.15, 0.2) is 0 Å². The third-order valence-corrected chi connectivity index (χ3v) is 5.41. The molecule has 2 aromatic rings. The van der Waals surface area contributed by atoms with Crippen molar-refractivity contribution in [2.75, 3.05) is 34.3 Å². The van der Waals surface area contributed by atoms with E-state index in [1.165, 1.54) is 19.2 Å². The van der Waals surface area contributed by atoms with Crippen molar-refractivity contribution in [2.24, 2.45) is 0 Å². The van der Waals surface area contributed by atoms with Crippen molar-refractivity contribution in [1.29, 1.82) is 0 Å². The summed E-state index contributed by atoms with van der Waals surface area (Å²) in [4.78, 5) is 13.5. The van der Waals surface area contributed by atoms with Crippen LogP contribution in [0.2, 0.25) is 0 Å². The number of hydrogen-bond donors (Lipinski definition) is 3. The first-order chi connectivity index (χ1) is 12.8. The largest absolute Gasteiger partial charge is 0.495 e. The van der Waals surface area contributed by atoms with Crippen LogP contribution < -0.4 is 19.7 Å². The zero-order chi connectivity index (χ0) is 19.9. The van der Waals surface area contributed by atoms with Gasteiger partial charge in [0, 0.05) is 12.1 Å². The molecule has 0 saturated heterocycles. The molecular formula is C19H26N3O4S+. The summed E-state index contributed by atoms with van der Waals surface area (Å²) in [6.45, 7) is 1.29. The Morgan fingerprint density at radius 3 is 2.44 bits per heavy atom. The van der Waals surface area contributed by atoms with Crippen LogP contribution in [0, 0.1) is 0 Å². The molecule has 0 unspecified atom stereocenters. The first-order valence-electron chi connectivity index (χ1n) is 8.62. The minimum Gasteiger partial charge on any atom is -0.495 e. The molecule has 0 aliphatic carbocycles. The van der Waals surface area contributed by atoms with Crippen LogP contribution in [0.4, 0.5) is 0 Å². The smallest absolute Gasteiger partial charge is 0.251 e. The lowest BCUT2D eigenvalue weighted by atomic mass is 10.2. The molecule has 8 heteroatoms. The van der Waals surface area contributed by atoms with Gasteiger partial charge in [0.1, 0.15) is 10.6 Å². The van der Waals surface area contributed by atoms with E-state index in [4.69, 9.17) is 4.74 Å². The molecule has 0 fully saturated rings. The number of carbonyl (C=O) groups is 1. The highest BCUT2D eigenvalue weighted by molar-refractivity contribution is 7.89. The zero-order valence-corrected chi connectivity index (χ0v) is 16.6. The maximum atomic E-state index is 12.6. The van der Waals surface area contributed by atoms with Gasteiger partial charge in [0.2, 0.25) is 10.0 Å². The summed E-state index contributed by atoms with van der Waals surface area (Å²) in [6.07, 6.45) is 0. The predicted molar refractivity (Wildman–Crippen MR) is 103 cm³/mol. The number of ether oxygens (including phenoxy) is 1. The van der Waals surface area contributed by atoms with E-state index < -0.39 is 10.0 Å². The van der Waals surface area contributed by atoms with Gasteiger partial charge in [-0.1, -0.05) is 30.3 Å². The number of quaternary nitrogens is 1. The SMILES string of the molecule is COc1ccc(C(=O)NCc2ccccc2)cc1S(=O)(=O)NCC[NH+](C)C. The minimum absolute atomic E-state index is 0.0499. The number of benzene rings is 2. The van der Waals surface area contributed by atoms with Crippen molar-refractivity contribution in [3.05, 3.63) is 59.7 Å². The highest BCUT2D eigenvalue weighted by Crippen LogP contribution is 2.24. The van der Waals surface area contributed by atoms with Crippen molar-refractivity contribution < 1.29 is 22.8 Å². The summed E-state index contributed by atoms with van der Waals surface area (Å²) < 4.78 is 32.9. The van der Waals surface area contributed by atoms with E-state index in [0.717, 1.165) is 10.5 Å². The highest BCUT2D eigenvalue weighted by atomic mass is 32.2. The minimum atomic E-state index is -3.79. The fourth-order valence-corrected chi connectivity index (χ4v) is 3.65. The van der Waals surface area contributed by atoms with Gasteiger partial charge in [-0.3, -0.25) is 4.79 Å². The molecule has 7 nitrogen and oxygen atoms in total. The van der Waals surface area contributed by atoms with Gasteiger partial charge in [-0.25, -0.2) is 13.1 Å². The Hall–Kier alpha value is -2.42. The summed E-state index contributed by atoms with van der Waals surface area (Å²) >= 11 is 0. The number of amides is 1. The second-order valence-corrected chi connectivity index (χ2v) is 8.12. The third kappa shape index (κ3) is 6.06. The van der Waals surface area contributed by atoms with Gasteiger partial charge < -0.3 is 15.0 Å². The second kappa shape index (κ2) is 9.50. The van der Waals surface area contributed by atoms with Crippen LogP contribution in [-0.2, 0) is 16.6 Å². The standard InChI is InChI=1S/C19H25N3O4S/c1-22(2)12-11-21-27(24,25)18-13-16(9-10-17(18)26-3)19(23)20-14-15-7-5-4-6-8-15/h4-10,13,21H,11-12,14H2,1-3H3,(H,20,23)/p+1. The molecule has 0 atom stereocenters. The molecule has 3 N–H and O–H groups in total. The Morgan fingerprint density at radius 2 is 1.81 bits per heavy atom. The number of likely N-dealkylation sites (N-methyl/N-ethyl adjacent to an activating group) is 1. The van der Waals surface area contributed by atoms with Crippen LogP contribution in [0.5, 0.6) is 5.75 Å². The molecule has 0 aliphatic rings. The summed E-state index contributed by atoms with van der Waals surface area (Å²) in [5, 5.41) is 2.79. The van der Waals surface area contributed by atoms with E-state index in [0.29, 0.717) is 13.1 Å². The zero-order valence-electron chi connectivity index (χ0n) is 15.8. The van der Waals surface area contributed by atoms with Crippen molar-refractivity contribution >= 4 is 15.9 Å². The third-order valence-electron chi connectivity index (χ3n) is 3.93. The molecule has 146 valence electrons. The average Bonchev–Trinajstić information content (AvgIpc) is 2.66. The molecule has 2 rings (SSSR count). The van der Waals surface area contributed by atoms with Crippen LogP contribution in [0.15, 0.2) is 53.4 Å². The topological polar surface area (TPSA) is 88.9 Å². The summed E-state index contributed by atoms with van der Waals surface area (Å²) in [5.41, 5.74) is 1.21. The predicted octanol–water partition coefficient (Wildman–Crippen LogP) is 0.0480. The number of carbonyl (C=O) groups excluding carboxylic acids is 1. The fourth-order valence-electron chi connectivity index (χ4n) is 2.42. The number of methoxy groups -OCH3 is 1. The van der Waals surface area contributed by atoms with Gasteiger partial charge in [-0.15, -0.1) is 0 Å². The molecule has 27 heavy (non-hydrogen) atoms. The lowest BCUT2D eigenvalue weighted by Crippen LogP contribution is -3.06. The van der Waals surface area contributed by atoms with Gasteiger partial charge in [-0.05, 0) is 23.8 Å². The van der Waals surface area contributed by atoms with Gasteiger partial charge in [0.25, 0.3) is 5.91 Å². The molecule has 0 saturated carbocycles. The van der Waals surface area contributed by atoms with Crippen molar-refractivity contribution in [2.45, 2.75) is 11.4 Å². The molecular weight excluding hydrogens is 366 g/mol. The van der Waals surface area contributed by atoms with E-state index in [1.807, 2.05) is 44.4 Å². The maximum Gasteiger partial charge on any atom is 0.251 e. The Morgan fingerprint density at radius 1 is 1.11 bits per heavy atom. The first-order valence-corrected chi connectivity index (χ1v) is 10.1. The van der Waals surface area contributed by atoms with Gasteiger partial charge in [-0.2, -0.15) is 0 Å². The molecule has 0 aliphatic heterocycles. The lowest BCUT2D eigenvalue weighted by Gasteiger charge is -2.13. The van der Waals surface area contributed by atoms with Crippen LogP contribution in [0.3, 0.4) is 0 Å². The van der Waals surface area contributed by atoms with Gasteiger partial charge in [0.05, 0.1) is 34.3 Å². The average molecular weight is 393 g/mol. The molecule has 0 bridgehead atoms. The van der Waals surface area contributed by atoms with Crippen LogP contribution in [0.1, 0.15) is 15.9 Å². The molecule has 0 spiro atoms.